The van der Waals surface area contributed by atoms with Crippen LogP contribution in [0.2, 0.25) is 0 Å². The molecule has 26 heavy (non-hydrogen) atoms. The maximum Gasteiger partial charge on any atom is 0.253 e. The van der Waals surface area contributed by atoms with Gasteiger partial charge in [-0.1, -0.05) is 62.9 Å². The second kappa shape index (κ2) is 9.07. The summed E-state index contributed by atoms with van der Waals surface area (Å²) in [6, 6.07) is 12.6. The van der Waals surface area contributed by atoms with Crippen molar-refractivity contribution in [1.29, 1.82) is 0 Å². The van der Waals surface area contributed by atoms with E-state index < -0.39 is 0 Å². The number of hydrogen-bond acceptors (Lipinski definition) is 1. The molecule has 0 atom stereocenters. The smallest absolute Gasteiger partial charge is 0.253 e. The Labute approximate surface area is 157 Å². The van der Waals surface area contributed by atoms with Gasteiger partial charge >= 0.3 is 0 Å². The Morgan fingerprint density at radius 3 is 2.58 bits per heavy atom. The molecule has 0 saturated heterocycles. The van der Waals surface area contributed by atoms with Crippen LogP contribution in [-0.4, -0.2) is 17.0 Å². The molecule has 0 spiro atoms. The molecule has 1 aliphatic rings. The van der Waals surface area contributed by atoms with Gasteiger partial charge in [0.1, 0.15) is 0 Å². The minimum absolute atomic E-state index is 0.0653. The van der Waals surface area contributed by atoms with E-state index in [-0.39, 0.29) is 5.91 Å². The normalized spacial score (nSPS) is 15.2. The average Bonchev–Trinajstić information content (AvgIpc) is 3.00. The first-order valence-corrected chi connectivity index (χ1v) is 10.2. The number of nitrogens with one attached hydrogen (secondary N) is 1. The molecule has 1 N–H and O–H groups in total. The standard InChI is InChI=1S/C23H32N2O/c1-3-4-15-24-23(26)21-16-22(20-13-9-6-10-14-20)25(18(21)2)17-19-11-7-5-8-12-19/h6,9-10,13-14,16,19H,3-5,7-8,11-12,15,17H2,1-2H3,(H,24,26). The molecule has 3 heteroatoms. The van der Waals surface area contributed by atoms with Crippen molar-refractivity contribution in [1.82, 2.24) is 9.88 Å². The minimum Gasteiger partial charge on any atom is -0.352 e. The van der Waals surface area contributed by atoms with E-state index in [1.165, 1.54) is 43.4 Å². The maximum atomic E-state index is 12.7. The SMILES string of the molecule is CCCCNC(=O)c1cc(-c2ccccc2)n(CC2CCCCC2)c1C. The van der Waals surface area contributed by atoms with Gasteiger partial charge in [-0.2, -0.15) is 0 Å². The Morgan fingerprint density at radius 2 is 1.88 bits per heavy atom. The fourth-order valence-electron chi connectivity index (χ4n) is 4.06. The number of carbonyl (C=O) groups excluding carboxylic acids is 1. The number of rotatable bonds is 7. The van der Waals surface area contributed by atoms with E-state index in [2.05, 4.69) is 54.1 Å². The van der Waals surface area contributed by atoms with Crippen molar-refractivity contribution in [2.24, 2.45) is 5.92 Å². The molecule has 3 nitrogen and oxygen atoms in total. The minimum atomic E-state index is 0.0653. The predicted molar refractivity (Wildman–Crippen MR) is 108 cm³/mol. The van der Waals surface area contributed by atoms with Crippen LogP contribution < -0.4 is 5.32 Å². The topological polar surface area (TPSA) is 34.0 Å². The highest BCUT2D eigenvalue weighted by molar-refractivity contribution is 5.97. The molecule has 1 aromatic heterocycles. The van der Waals surface area contributed by atoms with E-state index >= 15 is 0 Å². The van der Waals surface area contributed by atoms with Gasteiger partial charge in [0.2, 0.25) is 0 Å². The summed E-state index contributed by atoms with van der Waals surface area (Å²) in [5.74, 6) is 0.795. The third kappa shape index (κ3) is 4.38. The maximum absolute atomic E-state index is 12.7. The molecule has 0 bridgehead atoms. The number of nitrogens with zero attached hydrogens (tertiary/aromatic N) is 1. The van der Waals surface area contributed by atoms with Crippen molar-refractivity contribution in [3.8, 4) is 11.3 Å². The predicted octanol–water partition coefficient (Wildman–Crippen LogP) is 5.57. The summed E-state index contributed by atoms with van der Waals surface area (Å²) in [4.78, 5) is 12.7. The van der Waals surface area contributed by atoms with Crippen molar-refractivity contribution in [2.75, 3.05) is 6.54 Å². The van der Waals surface area contributed by atoms with E-state index in [1.807, 2.05) is 6.07 Å². The second-order valence-electron chi connectivity index (χ2n) is 7.62. The number of aromatic nitrogens is 1. The van der Waals surface area contributed by atoms with Gasteiger partial charge in [0.25, 0.3) is 5.91 Å². The Morgan fingerprint density at radius 1 is 1.15 bits per heavy atom. The van der Waals surface area contributed by atoms with Crippen LogP contribution in [-0.2, 0) is 6.54 Å². The van der Waals surface area contributed by atoms with E-state index in [4.69, 9.17) is 0 Å². The number of carbonyl (C=O) groups is 1. The average molecular weight is 353 g/mol. The van der Waals surface area contributed by atoms with Gasteiger partial charge in [-0.25, -0.2) is 0 Å². The summed E-state index contributed by atoms with van der Waals surface area (Å²) >= 11 is 0. The lowest BCUT2D eigenvalue weighted by Gasteiger charge is -2.24. The summed E-state index contributed by atoms with van der Waals surface area (Å²) < 4.78 is 2.39. The molecule has 0 unspecified atom stereocenters. The Hall–Kier alpha value is -2.03. The van der Waals surface area contributed by atoms with Crippen LogP contribution in [0.5, 0.6) is 0 Å². The molecule has 3 rings (SSSR count). The van der Waals surface area contributed by atoms with Crippen molar-refractivity contribution in [3.63, 3.8) is 0 Å². The van der Waals surface area contributed by atoms with Gasteiger partial charge in [-0.05, 0) is 43.7 Å². The zero-order valence-corrected chi connectivity index (χ0v) is 16.3. The van der Waals surface area contributed by atoms with Crippen LogP contribution in [0.15, 0.2) is 36.4 Å². The van der Waals surface area contributed by atoms with Crippen LogP contribution in [0.1, 0.15) is 67.9 Å². The first-order chi connectivity index (χ1) is 12.7. The molecular weight excluding hydrogens is 320 g/mol. The van der Waals surface area contributed by atoms with E-state index in [0.29, 0.717) is 0 Å². The zero-order valence-electron chi connectivity index (χ0n) is 16.3. The molecule has 140 valence electrons. The summed E-state index contributed by atoms with van der Waals surface area (Å²) in [7, 11) is 0. The van der Waals surface area contributed by atoms with Crippen molar-refractivity contribution in [3.05, 3.63) is 47.7 Å². The molecule has 0 radical (unpaired) electrons. The van der Waals surface area contributed by atoms with Crippen molar-refractivity contribution in [2.45, 2.75) is 65.3 Å². The highest BCUT2D eigenvalue weighted by Gasteiger charge is 2.21. The second-order valence-corrected chi connectivity index (χ2v) is 7.62. The summed E-state index contributed by atoms with van der Waals surface area (Å²) in [6.07, 6.45) is 8.80. The Bertz CT molecular complexity index is 711. The molecule has 1 amide bonds. The monoisotopic (exact) mass is 352 g/mol. The summed E-state index contributed by atoms with van der Waals surface area (Å²) in [6.45, 7) is 6.02. The van der Waals surface area contributed by atoms with Crippen LogP contribution >= 0.6 is 0 Å². The summed E-state index contributed by atoms with van der Waals surface area (Å²) in [5.41, 5.74) is 4.30. The van der Waals surface area contributed by atoms with E-state index in [0.717, 1.165) is 43.1 Å². The van der Waals surface area contributed by atoms with Crippen molar-refractivity contribution >= 4 is 5.91 Å². The number of amides is 1. The molecule has 1 saturated carbocycles. The highest BCUT2D eigenvalue weighted by atomic mass is 16.1. The first kappa shape index (κ1) is 18.8. The number of unbranched alkanes of at least 4 members (excludes halogenated alkanes) is 1. The van der Waals surface area contributed by atoms with Gasteiger partial charge in [-0.3, -0.25) is 4.79 Å². The van der Waals surface area contributed by atoms with Gasteiger partial charge in [-0.15, -0.1) is 0 Å². The largest absolute Gasteiger partial charge is 0.352 e. The molecule has 2 aromatic rings. The molecule has 1 aromatic carbocycles. The Balaban J connectivity index is 1.90. The number of benzene rings is 1. The summed E-state index contributed by atoms with van der Waals surface area (Å²) in [5, 5.41) is 3.08. The lowest BCUT2D eigenvalue weighted by molar-refractivity contribution is 0.0952. The lowest BCUT2D eigenvalue weighted by Crippen LogP contribution is -2.25. The third-order valence-corrected chi connectivity index (χ3v) is 5.66. The molecular formula is C23H32N2O. The highest BCUT2D eigenvalue weighted by Crippen LogP contribution is 2.31. The van der Waals surface area contributed by atoms with Gasteiger partial charge in [0.05, 0.1) is 5.56 Å². The van der Waals surface area contributed by atoms with Crippen LogP contribution in [0.4, 0.5) is 0 Å². The molecule has 1 aliphatic carbocycles. The van der Waals surface area contributed by atoms with Gasteiger partial charge in [0, 0.05) is 24.5 Å². The van der Waals surface area contributed by atoms with Crippen molar-refractivity contribution < 1.29 is 4.79 Å². The quantitative estimate of drug-likeness (QED) is 0.649. The van der Waals surface area contributed by atoms with Crippen LogP contribution in [0.25, 0.3) is 11.3 Å². The number of hydrogen-bond donors (Lipinski definition) is 1. The molecule has 0 aliphatic heterocycles. The van der Waals surface area contributed by atoms with Gasteiger partial charge < -0.3 is 9.88 Å². The lowest BCUT2D eigenvalue weighted by atomic mass is 9.89. The van der Waals surface area contributed by atoms with E-state index in [9.17, 15) is 4.79 Å². The first-order valence-electron chi connectivity index (χ1n) is 10.2. The Kier molecular flexibility index (Phi) is 6.54. The van der Waals surface area contributed by atoms with E-state index in [1.54, 1.807) is 0 Å². The van der Waals surface area contributed by atoms with Crippen LogP contribution in [0.3, 0.4) is 0 Å². The third-order valence-electron chi connectivity index (χ3n) is 5.66. The molecule has 1 heterocycles. The zero-order chi connectivity index (χ0) is 18.4. The fraction of sp³-hybridized carbons (Fsp3) is 0.522. The van der Waals surface area contributed by atoms with Gasteiger partial charge in [0.15, 0.2) is 0 Å². The van der Waals surface area contributed by atoms with Crippen LogP contribution in [0, 0.1) is 12.8 Å². The fourth-order valence-corrected chi connectivity index (χ4v) is 4.06. The molecule has 1 fully saturated rings.